The molecule has 212 valence electrons. The van der Waals surface area contributed by atoms with Gasteiger partial charge in [-0.1, -0.05) is 25.1 Å². The van der Waals surface area contributed by atoms with Crippen molar-refractivity contribution >= 4 is 41.0 Å². The van der Waals surface area contributed by atoms with E-state index in [9.17, 15) is 9.82 Å². The molecule has 2 aliphatic heterocycles. The van der Waals surface area contributed by atoms with E-state index in [4.69, 9.17) is 21.2 Å². The van der Waals surface area contributed by atoms with Crippen molar-refractivity contribution in [3.63, 3.8) is 0 Å². The van der Waals surface area contributed by atoms with E-state index in [1.165, 1.54) is 0 Å². The van der Waals surface area contributed by atoms with Crippen LogP contribution in [0.3, 0.4) is 0 Å². The number of nitrogens with one attached hydrogen (secondary N) is 1. The lowest BCUT2D eigenvalue weighted by molar-refractivity contribution is -0.131. The van der Waals surface area contributed by atoms with E-state index in [1.54, 1.807) is 47.6 Å². The van der Waals surface area contributed by atoms with E-state index in [0.717, 1.165) is 40.8 Å². The zero-order valence-electron chi connectivity index (χ0n) is 23.4. The van der Waals surface area contributed by atoms with Crippen LogP contribution in [0.2, 0.25) is 0 Å². The molecule has 11 nitrogen and oxygen atoms in total. The maximum atomic E-state index is 12.0. The fraction of sp³-hybridized carbons (Fsp3) is 0.300. The van der Waals surface area contributed by atoms with Crippen LogP contribution < -0.4 is 15.1 Å². The predicted octanol–water partition coefficient (Wildman–Crippen LogP) is 3.79. The Bertz CT molecular complexity index is 1650. The Kier molecular flexibility index (Phi) is 8.67. The quantitative estimate of drug-likeness (QED) is 0.277. The number of carbonyl (C=O) groups is 1. The van der Waals surface area contributed by atoms with Crippen LogP contribution in [-0.4, -0.2) is 64.1 Å². The predicted molar refractivity (Wildman–Crippen MR) is 158 cm³/mol. The van der Waals surface area contributed by atoms with E-state index in [-0.39, 0.29) is 18.4 Å². The molecule has 1 fully saturated rings. The van der Waals surface area contributed by atoms with Gasteiger partial charge in [-0.05, 0) is 53.7 Å². The van der Waals surface area contributed by atoms with Crippen molar-refractivity contribution in [1.29, 1.82) is 5.26 Å². The molecule has 42 heavy (non-hydrogen) atoms. The summed E-state index contributed by atoms with van der Waals surface area (Å²) in [7, 11) is 1.18. The zero-order valence-corrected chi connectivity index (χ0v) is 23.4. The third-order valence-corrected chi connectivity index (χ3v) is 7.64. The summed E-state index contributed by atoms with van der Waals surface area (Å²) in [6.45, 7) is 10.8. The lowest BCUT2D eigenvalue weighted by Crippen LogP contribution is -2.52. The molecule has 4 heterocycles. The number of fused-ring (bicyclic) bond motifs is 2. The number of likely N-dealkylation sites (tertiary alicyclic amines) is 1. The highest BCUT2D eigenvalue weighted by Gasteiger charge is 2.32. The number of ether oxygens (including phenoxy) is 1. The number of piperidine rings is 1. The van der Waals surface area contributed by atoms with Crippen LogP contribution >= 0.6 is 0 Å². The molecule has 0 radical (unpaired) electrons. The lowest BCUT2D eigenvalue weighted by Gasteiger charge is -2.42. The van der Waals surface area contributed by atoms with Gasteiger partial charge in [0.25, 0.3) is 0 Å². The van der Waals surface area contributed by atoms with Crippen molar-refractivity contribution in [2.45, 2.75) is 32.4 Å². The molecule has 0 aliphatic carbocycles. The largest absolute Gasteiger partial charge is 0.491 e. The molecule has 0 bridgehead atoms. The SMILES string of the molecule is C[C@H]1CCN(C(=O)CC#N)CC1N(C)c1ncnc2[nH]ccc12.[C-]#[N+]c1ccc(Oc2ccc3c(c2)COB3O)cc1. The number of hydrogen-bond donors (Lipinski definition) is 2. The number of aromatic amines is 1. The summed E-state index contributed by atoms with van der Waals surface area (Å²) in [5.41, 5.74) is 3.11. The molecule has 2 aliphatic rings. The third-order valence-electron chi connectivity index (χ3n) is 7.64. The topological polar surface area (TPSA) is 132 Å². The summed E-state index contributed by atoms with van der Waals surface area (Å²) < 4.78 is 10.8. The van der Waals surface area contributed by atoms with Crippen LogP contribution in [0.25, 0.3) is 15.9 Å². The van der Waals surface area contributed by atoms with Gasteiger partial charge in [0.15, 0.2) is 5.69 Å². The first-order valence-corrected chi connectivity index (χ1v) is 13.6. The molecule has 0 saturated carbocycles. The van der Waals surface area contributed by atoms with Crippen LogP contribution in [0, 0.1) is 23.8 Å². The fourth-order valence-corrected chi connectivity index (χ4v) is 5.25. The highest BCUT2D eigenvalue weighted by atomic mass is 16.5. The highest BCUT2D eigenvalue weighted by molar-refractivity contribution is 6.61. The van der Waals surface area contributed by atoms with Crippen molar-refractivity contribution in [2.75, 3.05) is 25.0 Å². The normalized spacial score (nSPS) is 17.5. The van der Waals surface area contributed by atoms with Crippen molar-refractivity contribution in [3.8, 4) is 17.6 Å². The summed E-state index contributed by atoms with van der Waals surface area (Å²) in [5, 5.41) is 19.2. The van der Waals surface area contributed by atoms with E-state index < -0.39 is 7.12 Å². The number of benzene rings is 2. The summed E-state index contributed by atoms with van der Waals surface area (Å²) >= 11 is 0. The number of amides is 1. The van der Waals surface area contributed by atoms with Gasteiger partial charge < -0.3 is 29.2 Å². The number of rotatable bonds is 5. The molecule has 1 amide bonds. The van der Waals surface area contributed by atoms with Crippen molar-refractivity contribution in [1.82, 2.24) is 19.9 Å². The smallest absolute Gasteiger partial charge is 0.457 e. The molecule has 2 N–H and O–H groups in total. The molecular weight excluding hydrogens is 533 g/mol. The maximum absolute atomic E-state index is 12.0. The van der Waals surface area contributed by atoms with Gasteiger partial charge in [-0.2, -0.15) is 5.26 Å². The Morgan fingerprint density at radius 3 is 2.83 bits per heavy atom. The van der Waals surface area contributed by atoms with E-state index >= 15 is 0 Å². The van der Waals surface area contributed by atoms with Gasteiger partial charge >= 0.3 is 7.12 Å². The average molecular weight is 563 g/mol. The summed E-state index contributed by atoms with van der Waals surface area (Å²) in [6.07, 6.45) is 4.27. The number of likely N-dealkylation sites (N-methyl/N-ethyl adjacent to an activating group) is 1. The molecule has 12 heteroatoms. The number of aromatic nitrogens is 3. The summed E-state index contributed by atoms with van der Waals surface area (Å²) in [5.74, 6) is 2.57. The number of nitriles is 1. The van der Waals surface area contributed by atoms with Crippen LogP contribution in [0.15, 0.2) is 61.1 Å². The number of H-pyrrole nitrogens is 1. The molecule has 2 atom stereocenters. The highest BCUT2D eigenvalue weighted by Crippen LogP contribution is 2.29. The summed E-state index contributed by atoms with van der Waals surface area (Å²) in [6, 6.07) is 16.5. The van der Waals surface area contributed by atoms with Crippen LogP contribution in [0.4, 0.5) is 11.5 Å². The monoisotopic (exact) mass is 563 g/mol. The van der Waals surface area contributed by atoms with Crippen LogP contribution in [0.1, 0.15) is 25.3 Å². The Labute approximate surface area is 244 Å². The molecular formula is C30H30BN7O4. The van der Waals surface area contributed by atoms with E-state index in [1.807, 2.05) is 31.4 Å². The van der Waals surface area contributed by atoms with Crippen molar-refractivity contribution in [3.05, 3.63) is 78.0 Å². The Hall–Kier alpha value is -4.91. The van der Waals surface area contributed by atoms with Gasteiger partial charge in [0.2, 0.25) is 5.91 Å². The van der Waals surface area contributed by atoms with Gasteiger partial charge in [-0.3, -0.25) is 4.79 Å². The standard InChI is InChI=1S/C16H20N6O.C14H10BNO3/c1-11-5-8-22(14(23)3-6-17)9-13(11)21(2)16-12-4-7-18-15(12)19-10-20-16;1-16-11-2-4-12(5-3-11)19-13-6-7-14-10(8-13)9-18-15(14)17/h4,7,10-11,13H,3,5,8-9H2,1-2H3,(H,18,19,20);2-8,17H,9H2/t11-,13?;/m0./s1. The van der Waals surface area contributed by atoms with E-state index in [2.05, 4.69) is 31.6 Å². The molecule has 0 spiro atoms. The van der Waals surface area contributed by atoms with Gasteiger partial charge in [-0.25, -0.2) is 14.8 Å². The Morgan fingerprint density at radius 1 is 1.29 bits per heavy atom. The Balaban J connectivity index is 0.000000171. The number of anilines is 1. The average Bonchev–Trinajstić information content (AvgIpc) is 3.64. The molecule has 2 aromatic heterocycles. The minimum absolute atomic E-state index is 0.0552. The maximum Gasteiger partial charge on any atom is 0.491 e. The number of carbonyl (C=O) groups excluding carboxylic acids is 1. The zero-order chi connectivity index (χ0) is 29.6. The van der Waals surface area contributed by atoms with Crippen LogP contribution in [-0.2, 0) is 16.1 Å². The third kappa shape index (κ3) is 6.20. The first-order valence-electron chi connectivity index (χ1n) is 13.6. The first kappa shape index (κ1) is 28.6. The van der Waals surface area contributed by atoms with Crippen molar-refractivity contribution < 1.29 is 19.2 Å². The lowest BCUT2D eigenvalue weighted by atomic mass is 9.80. The number of nitrogens with zero attached hydrogens (tertiary/aromatic N) is 6. The molecule has 6 rings (SSSR count). The van der Waals surface area contributed by atoms with Crippen LogP contribution in [0.5, 0.6) is 11.5 Å². The number of hydrogen-bond acceptors (Lipinski definition) is 8. The van der Waals surface area contributed by atoms with E-state index in [0.29, 0.717) is 36.3 Å². The minimum Gasteiger partial charge on any atom is -0.457 e. The van der Waals surface area contributed by atoms with Gasteiger partial charge in [0.05, 0.1) is 30.7 Å². The molecule has 1 unspecified atom stereocenters. The molecule has 4 aromatic rings. The van der Waals surface area contributed by atoms with Crippen molar-refractivity contribution in [2.24, 2.45) is 5.92 Å². The summed E-state index contributed by atoms with van der Waals surface area (Å²) in [4.78, 5) is 31.0. The second-order valence-corrected chi connectivity index (χ2v) is 10.3. The van der Waals surface area contributed by atoms with Gasteiger partial charge in [0.1, 0.15) is 35.7 Å². The second kappa shape index (κ2) is 12.7. The fourth-order valence-electron chi connectivity index (χ4n) is 5.25. The minimum atomic E-state index is -0.831. The first-order chi connectivity index (χ1) is 20.4. The molecule has 1 saturated heterocycles. The Morgan fingerprint density at radius 2 is 2.07 bits per heavy atom. The second-order valence-electron chi connectivity index (χ2n) is 10.3. The van der Waals surface area contributed by atoms with Gasteiger partial charge in [-0.15, -0.1) is 0 Å². The van der Waals surface area contributed by atoms with Gasteiger partial charge in [0, 0.05) is 26.3 Å². The molecule has 2 aromatic carbocycles.